The maximum atomic E-state index is 6.61. The van der Waals surface area contributed by atoms with E-state index in [1.54, 1.807) is 7.11 Å². The molecule has 0 aromatic carbocycles. The van der Waals surface area contributed by atoms with Gasteiger partial charge >= 0.3 is 0 Å². The standard InChI is InChI=1S/C16H28INO2Si/c1-11(2)21(12(3)4,13(5)6)20-10-14-9-18-16(19-7)8-15(14)17/h8-9,11-13H,10H2,1-7H3. The SMILES string of the molecule is COc1cc(I)c(CO[Si](C(C)C)(C(C)C)C(C)C)cn1. The fourth-order valence-electron chi connectivity index (χ4n) is 3.36. The van der Waals surface area contributed by atoms with Crippen LogP contribution < -0.4 is 4.74 Å². The van der Waals surface area contributed by atoms with Crippen molar-refractivity contribution in [2.75, 3.05) is 7.11 Å². The summed E-state index contributed by atoms with van der Waals surface area (Å²) in [7, 11) is -0.176. The smallest absolute Gasteiger partial charge is 0.213 e. The number of hydrogen-bond donors (Lipinski definition) is 0. The molecule has 1 heterocycles. The van der Waals surface area contributed by atoms with Gasteiger partial charge in [0.2, 0.25) is 14.2 Å². The van der Waals surface area contributed by atoms with Gasteiger partial charge in [0.05, 0.1) is 13.7 Å². The number of halogens is 1. The third-order valence-electron chi connectivity index (χ3n) is 4.30. The summed E-state index contributed by atoms with van der Waals surface area (Å²) in [4.78, 5) is 4.30. The van der Waals surface area contributed by atoms with Crippen molar-refractivity contribution in [1.29, 1.82) is 0 Å². The van der Waals surface area contributed by atoms with Gasteiger partial charge in [-0.2, -0.15) is 0 Å². The lowest BCUT2D eigenvalue weighted by Crippen LogP contribution is -2.47. The Morgan fingerprint density at radius 1 is 1.10 bits per heavy atom. The van der Waals surface area contributed by atoms with Crippen LogP contribution in [-0.4, -0.2) is 20.4 Å². The van der Waals surface area contributed by atoms with Crippen molar-refractivity contribution in [2.45, 2.75) is 64.8 Å². The van der Waals surface area contributed by atoms with E-state index in [0.717, 1.165) is 9.13 Å². The van der Waals surface area contributed by atoms with Gasteiger partial charge in [-0.15, -0.1) is 0 Å². The Balaban J connectivity index is 2.97. The molecule has 0 bridgehead atoms. The number of hydrogen-bond acceptors (Lipinski definition) is 3. The molecule has 0 saturated carbocycles. The van der Waals surface area contributed by atoms with Crippen LogP contribution in [0.15, 0.2) is 12.3 Å². The first kappa shape index (κ1) is 18.9. The Bertz CT molecular complexity index is 442. The van der Waals surface area contributed by atoms with Crippen LogP contribution >= 0.6 is 22.6 Å². The minimum atomic E-state index is -1.82. The van der Waals surface area contributed by atoms with E-state index in [1.165, 1.54) is 0 Å². The number of pyridine rings is 1. The third-order valence-corrected chi connectivity index (χ3v) is 11.4. The molecule has 0 N–H and O–H groups in total. The molecule has 0 amide bonds. The summed E-state index contributed by atoms with van der Waals surface area (Å²) in [5.74, 6) is 0.656. The van der Waals surface area contributed by atoms with Crippen molar-refractivity contribution in [2.24, 2.45) is 0 Å². The molecule has 0 aliphatic heterocycles. The highest BCUT2D eigenvalue weighted by molar-refractivity contribution is 14.1. The summed E-state index contributed by atoms with van der Waals surface area (Å²) in [6, 6.07) is 1.96. The fourth-order valence-corrected chi connectivity index (χ4v) is 9.33. The highest BCUT2D eigenvalue weighted by Gasteiger charge is 2.45. The van der Waals surface area contributed by atoms with Gasteiger partial charge in [-0.05, 0) is 39.2 Å². The Kier molecular flexibility index (Phi) is 7.13. The molecule has 120 valence electrons. The van der Waals surface area contributed by atoms with E-state index >= 15 is 0 Å². The van der Waals surface area contributed by atoms with Gasteiger partial charge in [-0.25, -0.2) is 4.98 Å². The first-order valence-corrected chi connectivity index (χ1v) is 10.8. The number of nitrogens with zero attached hydrogens (tertiary/aromatic N) is 1. The Hall–Kier alpha value is -0.143. The minimum Gasteiger partial charge on any atom is -0.481 e. The van der Waals surface area contributed by atoms with E-state index in [0.29, 0.717) is 29.1 Å². The zero-order valence-electron chi connectivity index (χ0n) is 14.2. The molecule has 0 unspecified atom stereocenters. The molecule has 0 radical (unpaired) electrons. The molecule has 21 heavy (non-hydrogen) atoms. The van der Waals surface area contributed by atoms with Gasteiger partial charge in [0.15, 0.2) is 0 Å². The summed E-state index contributed by atoms with van der Waals surface area (Å²) >= 11 is 2.33. The minimum absolute atomic E-state index is 0.598. The summed E-state index contributed by atoms with van der Waals surface area (Å²) in [5.41, 5.74) is 2.94. The van der Waals surface area contributed by atoms with Crippen molar-refractivity contribution >= 4 is 30.9 Å². The molecule has 0 aliphatic carbocycles. The number of aromatic nitrogens is 1. The average Bonchev–Trinajstić information content (AvgIpc) is 2.39. The van der Waals surface area contributed by atoms with E-state index in [4.69, 9.17) is 9.16 Å². The van der Waals surface area contributed by atoms with Crippen molar-refractivity contribution in [3.8, 4) is 5.88 Å². The van der Waals surface area contributed by atoms with Crippen LogP contribution in [0, 0.1) is 3.57 Å². The first-order valence-electron chi connectivity index (χ1n) is 7.58. The van der Waals surface area contributed by atoms with Gasteiger partial charge in [0.25, 0.3) is 0 Å². The Labute approximate surface area is 144 Å². The molecular weight excluding hydrogens is 393 g/mol. The normalized spacial score (nSPS) is 12.5. The molecule has 5 heteroatoms. The van der Waals surface area contributed by atoms with Gasteiger partial charge < -0.3 is 9.16 Å². The predicted molar refractivity (Wildman–Crippen MR) is 99.3 cm³/mol. The number of methoxy groups -OCH3 is 1. The molecule has 0 saturated heterocycles. The molecule has 1 aromatic heterocycles. The maximum absolute atomic E-state index is 6.61. The zero-order chi connectivity index (χ0) is 16.2. The van der Waals surface area contributed by atoms with Crippen LogP contribution in [0.3, 0.4) is 0 Å². The van der Waals surface area contributed by atoms with Crippen molar-refractivity contribution in [3.05, 3.63) is 21.4 Å². The number of rotatable bonds is 7. The highest BCUT2D eigenvalue weighted by atomic mass is 127. The largest absolute Gasteiger partial charge is 0.481 e. The van der Waals surface area contributed by atoms with Crippen molar-refractivity contribution in [3.63, 3.8) is 0 Å². The highest BCUT2D eigenvalue weighted by Crippen LogP contribution is 2.42. The topological polar surface area (TPSA) is 31.4 Å². The summed E-state index contributed by atoms with van der Waals surface area (Å²) in [6.07, 6.45) is 1.88. The van der Waals surface area contributed by atoms with Gasteiger partial charge in [-0.3, -0.25) is 0 Å². The van der Waals surface area contributed by atoms with Crippen molar-refractivity contribution < 1.29 is 9.16 Å². The lowest BCUT2D eigenvalue weighted by atomic mass is 10.3. The number of ether oxygens (including phenoxy) is 1. The molecule has 1 rings (SSSR count). The Morgan fingerprint density at radius 3 is 2.00 bits per heavy atom. The molecule has 0 atom stereocenters. The summed E-state index contributed by atoms with van der Waals surface area (Å²) in [6.45, 7) is 14.5. The lowest BCUT2D eigenvalue weighted by Gasteiger charge is -2.42. The second kappa shape index (κ2) is 7.92. The zero-order valence-corrected chi connectivity index (χ0v) is 17.4. The Morgan fingerprint density at radius 2 is 1.62 bits per heavy atom. The maximum Gasteiger partial charge on any atom is 0.213 e. The van der Waals surface area contributed by atoms with Crippen LogP contribution in [0.25, 0.3) is 0 Å². The van der Waals surface area contributed by atoms with Crippen LogP contribution in [0.5, 0.6) is 5.88 Å². The van der Waals surface area contributed by atoms with Crippen molar-refractivity contribution in [1.82, 2.24) is 4.98 Å². The fraction of sp³-hybridized carbons (Fsp3) is 0.688. The van der Waals surface area contributed by atoms with E-state index in [9.17, 15) is 0 Å². The second-order valence-corrected chi connectivity index (χ2v) is 13.0. The van der Waals surface area contributed by atoms with Gasteiger partial charge in [-0.1, -0.05) is 41.5 Å². The van der Waals surface area contributed by atoms with E-state index in [-0.39, 0.29) is 0 Å². The van der Waals surface area contributed by atoms with E-state index < -0.39 is 8.32 Å². The summed E-state index contributed by atoms with van der Waals surface area (Å²) < 4.78 is 12.9. The molecule has 0 fully saturated rings. The molecular formula is C16H28INO2Si. The van der Waals surface area contributed by atoms with E-state index in [2.05, 4.69) is 69.1 Å². The van der Waals surface area contributed by atoms with Crippen LogP contribution in [0.2, 0.25) is 16.6 Å². The molecule has 0 spiro atoms. The molecule has 1 aromatic rings. The van der Waals surface area contributed by atoms with Crippen LogP contribution in [0.1, 0.15) is 47.1 Å². The average molecular weight is 421 g/mol. The molecule has 0 aliphatic rings. The monoisotopic (exact) mass is 421 g/mol. The lowest BCUT2D eigenvalue weighted by molar-refractivity contribution is 0.264. The molecule has 3 nitrogen and oxygen atoms in total. The van der Waals surface area contributed by atoms with Crippen LogP contribution in [0.4, 0.5) is 0 Å². The third kappa shape index (κ3) is 4.19. The van der Waals surface area contributed by atoms with Gasteiger partial charge in [0, 0.05) is 21.4 Å². The quantitative estimate of drug-likeness (QED) is 0.437. The summed E-state index contributed by atoms with van der Waals surface area (Å²) in [5, 5.41) is 0. The predicted octanol–water partition coefficient (Wildman–Crippen LogP) is 5.39. The first-order chi connectivity index (χ1) is 9.75. The van der Waals surface area contributed by atoms with Gasteiger partial charge in [0.1, 0.15) is 0 Å². The van der Waals surface area contributed by atoms with Crippen LogP contribution in [-0.2, 0) is 11.0 Å². The second-order valence-electron chi connectivity index (χ2n) is 6.42. The van der Waals surface area contributed by atoms with E-state index in [1.807, 2.05) is 12.3 Å².